The molecule has 17 heavy (non-hydrogen) atoms. The molecule has 0 aliphatic carbocycles. The Bertz CT molecular complexity index is 456. The molecule has 0 aliphatic rings. The summed E-state index contributed by atoms with van der Waals surface area (Å²) in [4.78, 5) is 0. The molecule has 0 unspecified atom stereocenters. The highest BCUT2D eigenvalue weighted by Gasteiger charge is 2.19. The van der Waals surface area contributed by atoms with Crippen molar-refractivity contribution in [1.82, 2.24) is 14.8 Å². The quantitative estimate of drug-likeness (QED) is 0.567. The fraction of sp³-hybridized carbons (Fsp3) is 0.800. The molecule has 0 saturated carbocycles. The maximum atomic E-state index is 11.1. The summed E-state index contributed by atoms with van der Waals surface area (Å²) in [6, 6.07) is 0. The highest BCUT2D eigenvalue weighted by Crippen LogP contribution is 2.14. The fourth-order valence-corrected chi connectivity index (χ4v) is 2.64. The lowest BCUT2D eigenvalue weighted by Crippen LogP contribution is -2.05. The van der Waals surface area contributed by atoms with E-state index >= 15 is 0 Å². The van der Waals surface area contributed by atoms with Crippen molar-refractivity contribution in [1.29, 1.82) is 0 Å². The highest BCUT2D eigenvalue weighted by atomic mass is 35.7. The Kier molecular flexibility index (Phi) is 5.39. The first kappa shape index (κ1) is 14.4. The van der Waals surface area contributed by atoms with Crippen molar-refractivity contribution in [3.05, 3.63) is 5.82 Å². The number of nitrogens with zero attached hydrogens (tertiary/aromatic N) is 3. The minimum absolute atomic E-state index is 0.178. The molecule has 0 aromatic carbocycles. The molecule has 0 aliphatic heterocycles. The van der Waals surface area contributed by atoms with Crippen LogP contribution in [0.15, 0.2) is 5.16 Å². The van der Waals surface area contributed by atoms with Crippen molar-refractivity contribution in [3.63, 3.8) is 0 Å². The lowest BCUT2D eigenvalue weighted by Gasteiger charge is -2.01. The van der Waals surface area contributed by atoms with Gasteiger partial charge in [0.1, 0.15) is 5.82 Å². The van der Waals surface area contributed by atoms with E-state index in [1.54, 1.807) is 7.05 Å². The topological polar surface area (TPSA) is 64.8 Å². The van der Waals surface area contributed by atoms with E-state index in [-0.39, 0.29) is 5.16 Å². The van der Waals surface area contributed by atoms with Gasteiger partial charge in [0, 0.05) is 24.2 Å². The number of aryl methyl sites for hydroxylation is 1. The van der Waals surface area contributed by atoms with Crippen molar-refractivity contribution in [2.45, 2.75) is 50.6 Å². The van der Waals surface area contributed by atoms with Crippen LogP contribution in [0.2, 0.25) is 0 Å². The van der Waals surface area contributed by atoms with Gasteiger partial charge in [0.15, 0.2) is 0 Å². The van der Waals surface area contributed by atoms with Crippen molar-refractivity contribution in [3.8, 4) is 0 Å². The van der Waals surface area contributed by atoms with E-state index in [1.165, 1.54) is 23.8 Å². The standard InChI is InChI=1S/C10H18ClN3O2S/c1-3-4-5-6-7-8-9-12-13-10(14(9)2)17(11,15)16/h3-8H2,1-2H3. The summed E-state index contributed by atoms with van der Waals surface area (Å²) in [6.45, 7) is 2.17. The summed E-state index contributed by atoms with van der Waals surface area (Å²) in [5.74, 6) is 0.667. The molecule has 0 fully saturated rings. The molecular formula is C10H18ClN3O2S. The van der Waals surface area contributed by atoms with Gasteiger partial charge in [-0.1, -0.05) is 32.6 Å². The van der Waals surface area contributed by atoms with Gasteiger partial charge in [-0.25, -0.2) is 8.42 Å². The van der Waals surface area contributed by atoms with E-state index < -0.39 is 9.05 Å². The maximum Gasteiger partial charge on any atom is 0.296 e. The molecule has 1 rings (SSSR count). The van der Waals surface area contributed by atoms with Crippen LogP contribution in [0.25, 0.3) is 0 Å². The minimum atomic E-state index is -3.79. The third kappa shape index (κ3) is 4.27. The average Bonchev–Trinajstić information content (AvgIpc) is 2.59. The van der Waals surface area contributed by atoms with E-state index in [9.17, 15) is 8.42 Å². The molecule has 0 saturated heterocycles. The molecule has 0 spiro atoms. The van der Waals surface area contributed by atoms with Gasteiger partial charge in [-0.3, -0.25) is 0 Å². The lowest BCUT2D eigenvalue weighted by atomic mass is 10.1. The number of hydrogen-bond donors (Lipinski definition) is 0. The van der Waals surface area contributed by atoms with Crippen LogP contribution in [0, 0.1) is 0 Å². The summed E-state index contributed by atoms with van der Waals surface area (Å²) in [6.07, 6.45) is 6.51. The van der Waals surface area contributed by atoms with Crippen molar-refractivity contribution < 1.29 is 8.42 Å². The molecule has 1 heterocycles. The van der Waals surface area contributed by atoms with E-state index in [2.05, 4.69) is 17.1 Å². The SMILES string of the molecule is CCCCCCCc1nnc(S(=O)(=O)Cl)n1C. The van der Waals surface area contributed by atoms with Crippen LogP contribution in [0.5, 0.6) is 0 Å². The zero-order valence-electron chi connectivity index (χ0n) is 10.2. The molecular weight excluding hydrogens is 262 g/mol. The normalized spacial score (nSPS) is 11.9. The van der Waals surface area contributed by atoms with Gasteiger partial charge in [-0.2, -0.15) is 0 Å². The predicted molar refractivity (Wildman–Crippen MR) is 66.5 cm³/mol. The molecule has 1 aromatic heterocycles. The first-order chi connectivity index (χ1) is 7.96. The third-order valence-corrected chi connectivity index (χ3v) is 3.85. The second-order valence-electron chi connectivity index (χ2n) is 4.06. The van der Waals surface area contributed by atoms with Gasteiger partial charge in [0.2, 0.25) is 0 Å². The molecule has 7 heteroatoms. The highest BCUT2D eigenvalue weighted by molar-refractivity contribution is 8.13. The Labute approximate surface area is 107 Å². The summed E-state index contributed by atoms with van der Waals surface area (Å²) in [7, 11) is 3.06. The van der Waals surface area contributed by atoms with Gasteiger partial charge < -0.3 is 4.57 Å². The summed E-state index contributed by atoms with van der Waals surface area (Å²) < 4.78 is 23.7. The lowest BCUT2D eigenvalue weighted by molar-refractivity contribution is 0.584. The monoisotopic (exact) mass is 279 g/mol. The van der Waals surface area contributed by atoms with Crippen LogP contribution in [-0.2, 0) is 22.5 Å². The Morgan fingerprint density at radius 3 is 2.35 bits per heavy atom. The van der Waals surface area contributed by atoms with Crippen molar-refractivity contribution in [2.75, 3.05) is 0 Å². The van der Waals surface area contributed by atoms with Gasteiger partial charge in [0.05, 0.1) is 0 Å². The van der Waals surface area contributed by atoms with Gasteiger partial charge in [-0.15, -0.1) is 10.2 Å². The minimum Gasteiger partial charge on any atom is -0.304 e. The molecule has 0 amide bonds. The Morgan fingerprint density at radius 2 is 1.82 bits per heavy atom. The van der Waals surface area contributed by atoms with Crippen LogP contribution < -0.4 is 0 Å². The zero-order valence-corrected chi connectivity index (χ0v) is 11.8. The average molecular weight is 280 g/mol. The second kappa shape index (κ2) is 6.35. The number of unbranched alkanes of at least 4 members (excludes halogenated alkanes) is 4. The van der Waals surface area contributed by atoms with E-state index in [1.807, 2.05) is 0 Å². The largest absolute Gasteiger partial charge is 0.304 e. The van der Waals surface area contributed by atoms with E-state index in [0.717, 1.165) is 19.3 Å². The number of halogens is 1. The Morgan fingerprint density at radius 1 is 1.18 bits per heavy atom. The summed E-state index contributed by atoms with van der Waals surface area (Å²) in [5, 5.41) is 7.27. The molecule has 0 N–H and O–H groups in total. The first-order valence-corrected chi connectivity index (χ1v) is 8.10. The molecule has 0 bridgehead atoms. The molecule has 0 radical (unpaired) electrons. The fourth-order valence-electron chi connectivity index (χ4n) is 1.66. The van der Waals surface area contributed by atoms with Crippen molar-refractivity contribution >= 4 is 19.7 Å². The number of rotatable bonds is 7. The van der Waals surface area contributed by atoms with Crippen LogP contribution in [0.3, 0.4) is 0 Å². The molecule has 98 valence electrons. The third-order valence-electron chi connectivity index (χ3n) is 2.65. The Hall–Kier alpha value is -0.620. The van der Waals surface area contributed by atoms with Crippen LogP contribution >= 0.6 is 10.7 Å². The van der Waals surface area contributed by atoms with E-state index in [4.69, 9.17) is 10.7 Å². The van der Waals surface area contributed by atoms with Gasteiger partial charge in [-0.05, 0) is 6.42 Å². The van der Waals surface area contributed by atoms with Gasteiger partial charge >= 0.3 is 0 Å². The smallest absolute Gasteiger partial charge is 0.296 e. The van der Waals surface area contributed by atoms with Crippen molar-refractivity contribution in [2.24, 2.45) is 7.05 Å². The zero-order chi connectivity index (χ0) is 12.9. The summed E-state index contributed by atoms with van der Waals surface area (Å²) in [5.41, 5.74) is 0. The molecule has 5 nitrogen and oxygen atoms in total. The maximum absolute atomic E-state index is 11.1. The molecule has 1 aromatic rings. The van der Waals surface area contributed by atoms with Crippen LogP contribution in [0.1, 0.15) is 44.9 Å². The number of hydrogen-bond acceptors (Lipinski definition) is 4. The second-order valence-corrected chi connectivity index (χ2v) is 6.52. The van der Waals surface area contributed by atoms with E-state index in [0.29, 0.717) is 5.82 Å². The van der Waals surface area contributed by atoms with Crippen LogP contribution in [-0.4, -0.2) is 23.2 Å². The first-order valence-electron chi connectivity index (χ1n) is 5.79. The Balaban J connectivity index is 2.53. The summed E-state index contributed by atoms with van der Waals surface area (Å²) >= 11 is 0. The van der Waals surface area contributed by atoms with Crippen LogP contribution in [0.4, 0.5) is 0 Å². The number of aromatic nitrogens is 3. The molecule has 0 atom stereocenters. The van der Waals surface area contributed by atoms with Gasteiger partial charge in [0.25, 0.3) is 14.2 Å². The predicted octanol–water partition coefficient (Wildman–Crippen LogP) is 2.26.